The van der Waals surface area contributed by atoms with Crippen LogP contribution in [0.1, 0.15) is 16.1 Å². The van der Waals surface area contributed by atoms with E-state index in [-0.39, 0.29) is 5.91 Å². The number of amides is 1. The van der Waals surface area contributed by atoms with Crippen molar-refractivity contribution in [3.63, 3.8) is 0 Å². The van der Waals surface area contributed by atoms with Crippen molar-refractivity contribution in [2.24, 2.45) is 5.73 Å². The van der Waals surface area contributed by atoms with Crippen molar-refractivity contribution >= 4 is 16.8 Å². The standard InChI is InChI=1S/C12H14FN3O/c1-7-10(12(17)15-6-5-14)11-8(13)3-2-4-9(11)16-7/h2-4,16H,5-6,14H2,1H3,(H,15,17). The summed E-state index contributed by atoms with van der Waals surface area (Å²) >= 11 is 0. The summed E-state index contributed by atoms with van der Waals surface area (Å²) in [5.41, 5.74) is 6.95. The molecular formula is C12H14FN3O. The van der Waals surface area contributed by atoms with Crippen molar-refractivity contribution < 1.29 is 9.18 Å². The second-order valence-electron chi connectivity index (χ2n) is 3.83. The minimum absolute atomic E-state index is 0.302. The largest absolute Gasteiger partial charge is 0.358 e. The topological polar surface area (TPSA) is 70.9 Å². The summed E-state index contributed by atoms with van der Waals surface area (Å²) in [6, 6.07) is 4.69. The summed E-state index contributed by atoms with van der Waals surface area (Å²) in [4.78, 5) is 14.9. The van der Waals surface area contributed by atoms with Gasteiger partial charge < -0.3 is 16.0 Å². The number of fused-ring (bicyclic) bond motifs is 1. The molecule has 0 aliphatic rings. The summed E-state index contributed by atoms with van der Waals surface area (Å²) in [5, 5.41) is 2.98. The number of aromatic amines is 1. The third-order valence-electron chi connectivity index (χ3n) is 2.62. The highest BCUT2D eigenvalue weighted by atomic mass is 19.1. The fraction of sp³-hybridized carbons (Fsp3) is 0.250. The molecule has 2 rings (SSSR count). The van der Waals surface area contributed by atoms with E-state index in [1.165, 1.54) is 6.07 Å². The summed E-state index contributed by atoms with van der Waals surface area (Å²) in [6.45, 7) is 2.48. The molecule has 1 aromatic carbocycles. The van der Waals surface area contributed by atoms with Gasteiger partial charge in [-0.3, -0.25) is 4.79 Å². The fourth-order valence-corrected chi connectivity index (χ4v) is 1.89. The lowest BCUT2D eigenvalue weighted by atomic mass is 10.1. The molecule has 0 aliphatic carbocycles. The number of nitrogens with one attached hydrogen (secondary N) is 2. The lowest BCUT2D eigenvalue weighted by Gasteiger charge is -2.03. The summed E-state index contributed by atoms with van der Waals surface area (Å²) in [6.07, 6.45) is 0. The Hall–Kier alpha value is -1.88. The molecule has 1 heterocycles. The Kier molecular flexibility index (Phi) is 3.10. The fourth-order valence-electron chi connectivity index (χ4n) is 1.89. The Balaban J connectivity index is 2.52. The van der Waals surface area contributed by atoms with Crippen LogP contribution < -0.4 is 11.1 Å². The van der Waals surface area contributed by atoms with Gasteiger partial charge in [0.15, 0.2) is 0 Å². The lowest BCUT2D eigenvalue weighted by Crippen LogP contribution is -2.29. The molecule has 0 fully saturated rings. The Morgan fingerprint density at radius 1 is 1.53 bits per heavy atom. The highest BCUT2D eigenvalue weighted by Gasteiger charge is 2.18. The third-order valence-corrected chi connectivity index (χ3v) is 2.62. The zero-order chi connectivity index (χ0) is 12.4. The normalized spacial score (nSPS) is 10.8. The van der Waals surface area contributed by atoms with Crippen LogP contribution in [0.3, 0.4) is 0 Å². The minimum atomic E-state index is -0.398. The van der Waals surface area contributed by atoms with Gasteiger partial charge in [0.2, 0.25) is 0 Å². The van der Waals surface area contributed by atoms with Gasteiger partial charge in [-0.1, -0.05) is 6.07 Å². The maximum Gasteiger partial charge on any atom is 0.253 e. The molecule has 90 valence electrons. The van der Waals surface area contributed by atoms with Crippen LogP contribution in [0.15, 0.2) is 18.2 Å². The van der Waals surface area contributed by atoms with E-state index in [9.17, 15) is 9.18 Å². The van der Waals surface area contributed by atoms with Crippen LogP contribution in [-0.2, 0) is 0 Å². The zero-order valence-electron chi connectivity index (χ0n) is 9.51. The second kappa shape index (κ2) is 4.55. The van der Waals surface area contributed by atoms with Gasteiger partial charge in [-0.2, -0.15) is 0 Å². The molecular weight excluding hydrogens is 221 g/mol. The Morgan fingerprint density at radius 3 is 3.00 bits per heavy atom. The number of aromatic nitrogens is 1. The van der Waals surface area contributed by atoms with Crippen LogP contribution in [0, 0.1) is 12.7 Å². The van der Waals surface area contributed by atoms with Crippen molar-refractivity contribution in [2.45, 2.75) is 6.92 Å². The number of carbonyl (C=O) groups is 1. The highest BCUT2D eigenvalue weighted by Crippen LogP contribution is 2.24. The SMILES string of the molecule is Cc1[nH]c2cccc(F)c2c1C(=O)NCCN. The van der Waals surface area contributed by atoms with Crippen LogP contribution >= 0.6 is 0 Å². The molecule has 17 heavy (non-hydrogen) atoms. The number of H-pyrrole nitrogens is 1. The van der Waals surface area contributed by atoms with E-state index in [4.69, 9.17) is 5.73 Å². The molecule has 2 aromatic rings. The Bertz CT molecular complexity index is 562. The van der Waals surface area contributed by atoms with Crippen LogP contribution in [0.2, 0.25) is 0 Å². The maximum absolute atomic E-state index is 13.7. The number of rotatable bonds is 3. The zero-order valence-corrected chi connectivity index (χ0v) is 9.51. The second-order valence-corrected chi connectivity index (χ2v) is 3.83. The molecule has 5 heteroatoms. The molecule has 1 aromatic heterocycles. The smallest absolute Gasteiger partial charge is 0.253 e. The molecule has 0 spiro atoms. The Labute approximate surface area is 98.0 Å². The molecule has 1 amide bonds. The lowest BCUT2D eigenvalue weighted by molar-refractivity contribution is 0.0955. The first kappa shape index (κ1) is 11.6. The molecule has 0 bridgehead atoms. The quantitative estimate of drug-likeness (QED) is 0.750. The first-order valence-corrected chi connectivity index (χ1v) is 5.40. The molecule has 0 aliphatic heterocycles. The van der Waals surface area contributed by atoms with E-state index in [1.807, 2.05) is 0 Å². The van der Waals surface area contributed by atoms with Gasteiger partial charge in [-0.05, 0) is 19.1 Å². The molecule has 0 atom stereocenters. The predicted octanol–water partition coefficient (Wildman–Crippen LogP) is 1.30. The van der Waals surface area contributed by atoms with Gasteiger partial charge in [-0.15, -0.1) is 0 Å². The highest BCUT2D eigenvalue weighted by molar-refractivity contribution is 6.08. The first-order chi connectivity index (χ1) is 8.15. The molecule has 4 nitrogen and oxygen atoms in total. The molecule has 0 radical (unpaired) electrons. The van der Waals surface area contributed by atoms with Crippen molar-refractivity contribution in [3.8, 4) is 0 Å². The predicted molar refractivity (Wildman–Crippen MR) is 64.4 cm³/mol. The van der Waals surface area contributed by atoms with E-state index >= 15 is 0 Å². The van der Waals surface area contributed by atoms with Crippen LogP contribution in [0.5, 0.6) is 0 Å². The van der Waals surface area contributed by atoms with Crippen molar-refractivity contribution in [2.75, 3.05) is 13.1 Å². The van der Waals surface area contributed by atoms with E-state index in [0.29, 0.717) is 35.2 Å². The molecule has 4 N–H and O–H groups in total. The number of benzene rings is 1. The monoisotopic (exact) mass is 235 g/mol. The van der Waals surface area contributed by atoms with E-state index in [0.717, 1.165) is 0 Å². The van der Waals surface area contributed by atoms with Gasteiger partial charge in [0.25, 0.3) is 5.91 Å². The van der Waals surface area contributed by atoms with Crippen LogP contribution in [-0.4, -0.2) is 24.0 Å². The molecule has 0 unspecified atom stereocenters. The third kappa shape index (κ3) is 2.01. The number of carbonyl (C=O) groups excluding carboxylic acids is 1. The van der Waals surface area contributed by atoms with Gasteiger partial charge in [0.05, 0.1) is 5.56 Å². The van der Waals surface area contributed by atoms with E-state index in [2.05, 4.69) is 10.3 Å². The first-order valence-electron chi connectivity index (χ1n) is 5.40. The van der Waals surface area contributed by atoms with E-state index < -0.39 is 5.82 Å². The van der Waals surface area contributed by atoms with Crippen LogP contribution in [0.25, 0.3) is 10.9 Å². The van der Waals surface area contributed by atoms with Crippen molar-refractivity contribution in [3.05, 3.63) is 35.3 Å². The van der Waals surface area contributed by atoms with Gasteiger partial charge >= 0.3 is 0 Å². The number of aryl methyl sites for hydroxylation is 1. The summed E-state index contributed by atoms with van der Waals surface area (Å²) in [5.74, 6) is -0.700. The molecule has 0 saturated carbocycles. The maximum atomic E-state index is 13.7. The van der Waals surface area contributed by atoms with Gasteiger partial charge in [0, 0.05) is 29.7 Å². The minimum Gasteiger partial charge on any atom is -0.358 e. The van der Waals surface area contributed by atoms with Gasteiger partial charge in [0.1, 0.15) is 5.82 Å². The van der Waals surface area contributed by atoms with E-state index in [1.54, 1.807) is 19.1 Å². The Morgan fingerprint density at radius 2 is 2.29 bits per heavy atom. The average Bonchev–Trinajstić information content (AvgIpc) is 2.64. The average molecular weight is 235 g/mol. The number of nitrogens with two attached hydrogens (primary N) is 1. The van der Waals surface area contributed by atoms with Crippen molar-refractivity contribution in [1.29, 1.82) is 0 Å². The van der Waals surface area contributed by atoms with Gasteiger partial charge in [-0.25, -0.2) is 4.39 Å². The molecule has 0 saturated heterocycles. The summed E-state index contributed by atoms with van der Waals surface area (Å²) < 4.78 is 13.7. The number of hydrogen-bond acceptors (Lipinski definition) is 2. The number of hydrogen-bond donors (Lipinski definition) is 3. The number of halogens is 1. The summed E-state index contributed by atoms with van der Waals surface area (Å²) in [7, 11) is 0. The van der Waals surface area contributed by atoms with Crippen LogP contribution in [0.4, 0.5) is 4.39 Å². The van der Waals surface area contributed by atoms with Crippen molar-refractivity contribution in [1.82, 2.24) is 10.3 Å².